The first-order valence-electron chi connectivity index (χ1n) is 3.97. The van der Waals surface area contributed by atoms with Crippen LogP contribution in [0.25, 0.3) is 0 Å². The van der Waals surface area contributed by atoms with Crippen molar-refractivity contribution in [2.45, 2.75) is 26.9 Å². The van der Waals surface area contributed by atoms with Gasteiger partial charge in [-0.1, -0.05) is 6.92 Å². The molecule has 0 rings (SSSR count). The second kappa shape index (κ2) is 5.27. The summed E-state index contributed by atoms with van der Waals surface area (Å²) in [5, 5.41) is 0. The maximum atomic E-state index is 11.0. The van der Waals surface area contributed by atoms with Crippen molar-refractivity contribution in [1.29, 1.82) is 0 Å². The van der Waals surface area contributed by atoms with Crippen molar-refractivity contribution in [2.24, 2.45) is 11.7 Å². The molecule has 0 aliphatic rings. The van der Waals surface area contributed by atoms with E-state index in [9.17, 15) is 4.79 Å². The zero-order valence-corrected chi connectivity index (χ0v) is 7.46. The highest BCUT2D eigenvalue weighted by Crippen LogP contribution is 2.06. The summed E-state index contributed by atoms with van der Waals surface area (Å²) in [5.74, 6) is -0.0223. The molecule has 0 fully saturated rings. The van der Waals surface area contributed by atoms with Crippen LogP contribution in [-0.4, -0.2) is 25.0 Å². The lowest BCUT2D eigenvalue weighted by Crippen LogP contribution is -2.30. The van der Waals surface area contributed by atoms with Crippen LogP contribution in [0.4, 0.5) is 0 Å². The highest BCUT2D eigenvalue weighted by atomic mass is 16.5. The summed E-state index contributed by atoms with van der Waals surface area (Å²) in [4.78, 5) is 11.0. The number of rotatable bonds is 5. The van der Waals surface area contributed by atoms with Crippen molar-refractivity contribution in [3.8, 4) is 0 Å². The molecular weight excluding hydrogens is 142 g/mol. The first kappa shape index (κ1) is 10.6. The number of carbonyl (C=O) groups excluding carboxylic acids is 1. The third-order valence-electron chi connectivity index (χ3n) is 1.84. The molecule has 0 unspecified atom stereocenters. The molecule has 0 aromatic heterocycles. The zero-order chi connectivity index (χ0) is 8.85. The molecular formula is C8H17NO2. The number of hydrogen-bond donors (Lipinski definition) is 1. The fraction of sp³-hybridized carbons (Fsp3) is 0.875. The van der Waals surface area contributed by atoms with Crippen molar-refractivity contribution in [3.63, 3.8) is 0 Å². The molecule has 0 amide bonds. The largest absolute Gasteiger partial charge is 0.378 e. The Bertz CT molecular complexity index is 125. The summed E-state index contributed by atoms with van der Waals surface area (Å²) in [6.45, 7) is 6.40. The predicted octanol–water partition coefficient (Wildman–Crippen LogP) is 0.575. The molecule has 0 heterocycles. The Morgan fingerprint density at radius 1 is 1.55 bits per heavy atom. The molecule has 2 atom stereocenters. The Hall–Kier alpha value is -0.410. The molecule has 0 saturated heterocycles. The van der Waals surface area contributed by atoms with Gasteiger partial charge in [-0.15, -0.1) is 0 Å². The average molecular weight is 159 g/mol. The van der Waals surface area contributed by atoms with E-state index in [1.165, 1.54) is 0 Å². The molecule has 0 aromatic rings. The molecule has 3 nitrogen and oxygen atoms in total. The molecule has 2 N–H and O–H groups in total. The van der Waals surface area contributed by atoms with Gasteiger partial charge in [0.25, 0.3) is 0 Å². The van der Waals surface area contributed by atoms with Gasteiger partial charge in [0.2, 0.25) is 0 Å². The van der Waals surface area contributed by atoms with Crippen LogP contribution in [0.3, 0.4) is 0 Å². The summed E-state index contributed by atoms with van der Waals surface area (Å²) >= 11 is 0. The Balaban J connectivity index is 3.80. The SMILES string of the molecule is CCO[C@@H](C)[C@H](C)C(=O)CN. The van der Waals surface area contributed by atoms with Crippen molar-refractivity contribution in [1.82, 2.24) is 0 Å². The van der Waals surface area contributed by atoms with Crippen LogP contribution in [0, 0.1) is 5.92 Å². The third kappa shape index (κ3) is 3.49. The number of nitrogens with two attached hydrogens (primary N) is 1. The number of hydrogen-bond acceptors (Lipinski definition) is 3. The topological polar surface area (TPSA) is 52.3 Å². The Kier molecular flexibility index (Phi) is 5.07. The Morgan fingerprint density at radius 2 is 2.09 bits per heavy atom. The van der Waals surface area contributed by atoms with Gasteiger partial charge >= 0.3 is 0 Å². The van der Waals surface area contributed by atoms with E-state index in [1.807, 2.05) is 20.8 Å². The first-order valence-corrected chi connectivity index (χ1v) is 3.97. The van der Waals surface area contributed by atoms with Crippen LogP contribution < -0.4 is 5.73 Å². The summed E-state index contributed by atoms with van der Waals surface area (Å²) in [6, 6.07) is 0. The van der Waals surface area contributed by atoms with E-state index in [1.54, 1.807) is 0 Å². The van der Waals surface area contributed by atoms with Crippen molar-refractivity contribution in [2.75, 3.05) is 13.2 Å². The molecule has 66 valence electrons. The minimum Gasteiger partial charge on any atom is -0.378 e. The van der Waals surface area contributed by atoms with Crippen LogP contribution >= 0.6 is 0 Å². The van der Waals surface area contributed by atoms with Gasteiger partial charge in [-0.05, 0) is 13.8 Å². The van der Waals surface area contributed by atoms with E-state index < -0.39 is 0 Å². The van der Waals surface area contributed by atoms with Gasteiger partial charge in [-0.2, -0.15) is 0 Å². The summed E-state index contributed by atoms with van der Waals surface area (Å²) in [6.07, 6.45) is -0.0175. The van der Waals surface area contributed by atoms with E-state index in [-0.39, 0.29) is 24.3 Å². The maximum absolute atomic E-state index is 11.0. The maximum Gasteiger partial charge on any atom is 0.151 e. The fourth-order valence-corrected chi connectivity index (χ4v) is 0.855. The highest BCUT2D eigenvalue weighted by molar-refractivity contribution is 5.82. The minimum atomic E-state index is -0.0834. The van der Waals surface area contributed by atoms with E-state index >= 15 is 0 Å². The second-order valence-electron chi connectivity index (χ2n) is 2.62. The van der Waals surface area contributed by atoms with Crippen LogP contribution in [0.5, 0.6) is 0 Å². The minimum absolute atomic E-state index is 0.0175. The van der Waals surface area contributed by atoms with E-state index in [0.29, 0.717) is 6.61 Å². The number of ketones is 1. The Labute approximate surface area is 67.9 Å². The molecule has 11 heavy (non-hydrogen) atoms. The van der Waals surface area contributed by atoms with Gasteiger partial charge in [-0.25, -0.2) is 0 Å². The summed E-state index contributed by atoms with van der Waals surface area (Å²) < 4.78 is 5.25. The lowest BCUT2D eigenvalue weighted by molar-refractivity contribution is -0.125. The van der Waals surface area contributed by atoms with Crippen molar-refractivity contribution < 1.29 is 9.53 Å². The van der Waals surface area contributed by atoms with Crippen LogP contribution in [0.15, 0.2) is 0 Å². The highest BCUT2D eigenvalue weighted by Gasteiger charge is 2.18. The lowest BCUT2D eigenvalue weighted by atomic mass is 10.0. The summed E-state index contributed by atoms with van der Waals surface area (Å²) in [5.41, 5.74) is 5.20. The van der Waals surface area contributed by atoms with E-state index in [2.05, 4.69) is 0 Å². The molecule has 0 radical (unpaired) electrons. The standard InChI is InChI=1S/C8H17NO2/c1-4-11-7(3)6(2)8(10)5-9/h6-7H,4-5,9H2,1-3H3/t6-,7-/m0/s1. The molecule has 3 heteroatoms. The van der Waals surface area contributed by atoms with E-state index in [0.717, 1.165) is 0 Å². The van der Waals surface area contributed by atoms with Gasteiger partial charge < -0.3 is 10.5 Å². The van der Waals surface area contributed by atoms with Crippen LogP contribution in [0.1, 0.15) is 20.8 Å². The first-order chi connectivity index (χ1) is 5.13. The monoisotopic (exact) mass is 159 g/mol. The number of Topliss-reactive ketones (excluding diaryl/α,β-unsaturated/α-hetero) is 1. The smallest absolute Gasteiger partial charge is 0.151 e. The summed E-state index contributed by atoms with van der Waals surface area (Å²) in [7, 11) is 0. The molecule has 0 aromatic carbocycles. The van der Waals surface area contributed by atoms with Crippen LogP contribution in [0.2, 0.25) is 0 Å². The predicted molar refractivity (Wildman–Crippen MR) is 44.3 cm³/mol. The van der Waals surface area contributed by atoms with Crippen LogP contribution in [-0.2, 0) is 9.53 Å². The normalized spacial score (nSPS) is 16.0. The van der Waals surface area contributed by atoms with Gasteiger partial charge in [0.05, 0.1) is 12.6 Å². The second-order valence-corrected chi connectivity index (χ2v) is 2.62. The average Bonchev–Trinajstić information content (AvgIpc) is 2.02. The molecule has 0 saturated carbocycles. The molecule has 0 aliphatic carbocycles. The third-order valence-corrected chi connectivity index (χ3v) is 1.84. The Morgan fingerprint density at radius 3 is 2.45 bits per heavy atom. The zero-order valence-electron chi connectivity index (χ0n) is 7.46. The van der Waals surface area contributed by atoms with Gasteiger partial charge in [0.15, 0.2) is 5.78 Å². The molecule has 0 bridgehead atoms. The van der Waals surface area contributed by atoms with Gasteiger partial charge in [-0.3, -0.25) is 4.79 Å². The van der Waals surface area contributed by atoms with Crippen molar-refractivity contribution in [3.05, 3.63) is 0 Å². The molecule has 0 aliphatic heterocycles. The van der Waals surface area contributed by atoms with Gasteiger partial charge in [0, 0.05) is 12.5 Å². The van der Waals surface area contributed by atoms with E-state index in [4.69, 9.17) is 10.5 Å². The number of ether oxygens (including phenoxy) is 1. The molecule has 0 spiro atoms. The van der Waals surface area contributed by atoms with Gasteiger partial charge in [0.1, 0.15) is 0 Å². The fourth-order valence-electron chi connectivity index (χ4n) is 0.855. The number of carbonyl (C=O) groups is 1. The van der Waals surface area contributed by atoms with Crippen molar-refractivity contribution >= 4 is 5.78 Å². The quantitative estimate of drug-likeness (QED) is 0.638. The lowest BCUT2D eigenvalue weighted by Gasteiger charge is -2.17.